The van der Waals surface area contributed by atoms with Crippen LogP contribution in [0.4, 0.5) is 0 Å². The molecule has 1 N–H and O–H groups in total. The average Bonchev–Trinajstić information content (AvgIpc) is 2.17. The Labute approximate surface area is 91.8 Å². The number of aliphatic hydroxyl groups is 1. The lowest BCUT2D eigenvalue weighted by molar-refractivity contribution is 0.513. The Balaban J connectivity index is 3.21. The maximum Gasteiger partial charge on any atom is 0.116 e. The third-order valence-electron chi connectivity index (χ3n) is 2.39. The molecule has 0 saturated carbocycles. The topological polar surface area (TPSA) is 20.2 Å². The molecule has 1 heteroatoms. The number of allylic oxidation sites excluding steroid dienone is 1. The lowest BCUT2D eigenvalue weighted by Gasteiger charge is -2.10. The summed E-state index contributed by atoms with van der Waals surface area (Å²) in [6.45, 7) is 11.5. The van der Waals surface area contributed by atoms with Crippen molar-refractivity contribution in [1.29, 1.82) is 0 Å². The van der Waals surface area contributed by atoms with E-state index in [4.69, 9.17) is 0 Å². The summed E-state index contributed by atoms with van der Waals surface area (Å²) in [7, 11) is 0. The van der Waals surface area contributed by atoms with E-state index in [-0.39, 0.29) is 5.76 Å². The van der Waals surface area contributed by atoms with Crippen LogP contribution in [0.15, 0.2) is 31.4 Å². The number of rotatable bonds is 4. The Morgan fingerprint density at radius 3 is 2.40 bits per heavy atom. The predicted molar refractivity (Wildman–Crippen MR) is 66.8 cm³/mol. The molecule has 1 rings (SSSR count). The number of benzene rings is 1. The molecule has 0 heterocycles. The smallest absolute Gasteiger partial charge is 0.116 e. The molecule has 0 saturated heterocycles. The monoisotopic (exact) mass is 202 g/mol. The van der Waals surface area contributed by atoms with Crippen molar-refractivity contribution in [1.82, 2.24) is 0 Å². The third-order valence-corrected chi connectivity index (χ3v) is 2.39. The second-order valence-electron chi connectivity index (χ2n) is 3.86. The lowest BCUT2D eigenvalue weighted by atomic mass is 9.97. The van der Waals surface area contributed by atoms with Crippen LogP contribution in [-0.4, -0.2) is 5.11 Å². The molecule has 1 aromatic carbocycles. The Kier molecular flexibility index (Phi) is 3.73. The zero-order chi connectivity index (χ0) is 11.4. The third kappa shape index (κ3) is 2.72. The van der Waals surface area contributed by atoms with Crippen molar-refractivity contribution in [3.8, 4) is 0 Å². The zero-order valence-corrected chi connectivity index (χ0v) is 9.51. The van der Waals surface area contributed by atoms with E-state index >= 15 is 0 Å². The normalized spacial score (nSPS) is 10.0. The first-order valence-electron chi connectivity index (χ1n) is 5.23. The van der Waals surface area contributed by atoms with Gasteiger partial charge in [-0.3, -0.25) is 0 Å². The van der Waals surface area contributed by atoms with Crippen molar-refractivity contribution in [2.24, 2.45) is 0 Å². The summed E-state index contributed by atoms with van der Waals surface area (Å²) in [5.74, 6) is 0.117. The molecule has 15 heavy (non-hydrogen) atoms. The van der Waals surface area contributed by atoms with E-state index in [1.165, 1.54) is 5.56 Å². The first kappa shape index (κ1) is 11.6. The minimum Gasteiger partial charge on any atom is -0.508 e. The fraction of sp³-hybridized carbons (Fsp3) is 0.286. The SMILES string of the molecule is C=C(C)c1ccc(CCC)cc1C(=C)O. The van der Waals surface area contributed by atoms with Crippen molar-refractivity contribution in [3.05, 3.63) is 48.0 Å². The molecule has 0 aromatic heterocycles. The van der Waals surface area contributed by atoms with Crippen molar-refractivity contribution in [2.45, 2.75) is 26.7 Å². The maximum atomic E-state index is 9.51. The van der Waals surface area contributed by atoms with E-state index in [2.05, 4.69) is 26.1 Å². The number of aliphatic hydroxyl groups excluding tert-OH is 1. The van der Waals surface area contributed by atoms with Gasteiger partial charge in [0.15, 0.2) is 0 Å². The minimum atomic E-state index is 0.117. The van der Waals surface area contributed by atoms with E-state index in [0.29, 0.717) is 0 Å². The Hall–Kier alpha value is -1.50. The molecule has 0 aliphatic rings. The molecular weight excluding hydrogens is 184 g/mol. The molecule has 1 nitrogen and oxygen atoms in total. The molecule has 0 fully saturated rings. The van der Waals surface area contributed by atoms with Gasteiger partial charge in [0.25, 0.3) is 0 Å². The number of hydrogen-bond donors (Lipinski definition) is 1. The highest BCUT2D eigenvalue weighted by atomic mass is 16.3. The molecule has 0 aliphatic carbocycles. The van der Waals surface area contributed by atoms with Crippen LogP contribution in [0.5, 0.6) is 0 Å². The summed E-state index contributed by atoms with van der Waals surface area (Å²) < 4.78 is 0. The summed E-state index contributed by atoms with van der Waals surface area (Å²) in [6.07, 6.45) is 2.13. The van der Waals surface area contributed by atoms with Crippen LogP contribution < -0.4 is 0 Å². The highest BCUT2D eigenvalue weighted by Crippen LogP contribution is 2.24. The maximum absolute atomic E-state index is 9.51. The second kappa shape index (κ2) is 4.83. The van der Waals surface area contributed by atoms with E-state index in [1.807, 2.05) is 19.1 Å². The van der Waals surface area contributed by atoms with Crippen molar-refractivity contribution < 1.29 is 5.11 Å². The van der Waals surface area contributed by atoms with Gasteiger partial charge in [0.05, 0.1) is 0 Å². The van der Waals surface area contributed by atoms with Gasteiger partial charge in [-0.15, -0.1) is 0 Å². The van der Waals surface area contributed by atoms with E-state index in [0.717, 1.165) is 29.5 Å². The molecule has 0 amide bonds. The van der Waals surface area contributed by atoms with E-state index in [1.54, 1.807) is 0 Å². The molecule has 0 unspecified atom stereocenters. The fourth-order valence-electron chi connectivity index (χ4n) is 1.65. The molecule has 80 valence electrons. The highest BCUT2D eigenvalue weighted by Gasteiger charge is 2.06. The lowest BCUT2D eigenvalue weighted by Crippen LogP contribution is -1.93. The van der Waals surface area contributed by atoms with E-state index < -0.39 is 0 Å². The number of aryl methyl sites for hydroxylation is 1. The summed E-state index contributed by atoms with van der Waals surface area (Å²) in [5.41, 5.74) is 3.95. The minimum absolute atomic E-state index is 0.117. The molecule has 0 radical (unpaired) electrons. The van der Waals surface area contributed by atoms with E-state index in [9.17, 15) is 5.11 Å². The van der Waals surface area contributed by atoms with Gasteiger partial charge in [0, 0.05) is 5.56 Å². The molecule has 0 bridgehead atoms. The number of hydrogen-bond acceptors (Lipinski definition) is 1. The second-order valence-corrected chi connectivity index (χ2v) is 3.86. The van der Waals surface area contributed by atoms with Crippen molar-refractivity contribution >= 4 is 11.3 Å². The first-order chi connectivity index (χ1) is 7.06. The van der Waals surface area contributed by atoms with Crippen LogP contribution in [-0.2, 0) is 6.42 Å². The molecule has 0 aliphatic heterocycles. The van der Waals surface area contributed by atoms with Gasteiger partial charge in [0.2, 0.25) is 0 Å². The standard InChI is InChI=1S/C14H18O/c1-5-6-12-7-8-13(10(2)3)14(9-12)11(4)15/h7-9,15H,2,4-6H2,1,3H3. The van der Waals surface area contributed by atoms with Gasteiger partial charge in [-0.25, -0.2) is 0 Å². The molecule has 0 spiro atoms. The molecular formula is C14H18O. The Morgan fingerprint density at radius 1 is 1.27 bits per heavy atom. The summed E-state index contributed by atoms with van der Waals surface area (Å²) >= 11 is 0. The van der Waals surface area contributed by atoms with Crippen molar-refractivity contribution in [2.75, 3.05) is 0 Å². The fourth-order valence-corrected chi connectivity index (χ4v) is 1.65. The van der Waals surface area contributed by atoms with Crippen LogP contribution >= 0.6 is 0 Å². The average molecular weight is 202 g/mol. The van der Waals surface area contributed by atoms with Crippen LogP contribution in [0.2, 0.25) is 0 Å². The molecule has 0 atom stereocenters. The summed E-state index contributed by atoms with van der Waals surface area (Å²) in [4.78, 5) is 0. The van der Waals surface area contributed by atoms with Crippen LogP contribution in [0.3, 0.4) is 0 Å². The Morgan fingerprint density at radius 2 is 1.93 bits per heavy atom. The van der Waals surface area contributed by atoms with Gasteiger partial charge in [0.1, 0.15) is 5.76 Å². The van der Waals surface area contributed by atoms with Crippen molar-refractivity contribution in [3.63, 3.8) is 0 Å². The summed E-state index contributed by atoms with van der Waals surface area (Å²) in [5, 5.41) is 9.51. The van der Waals surface area contributed by atoms with Crippen LogP contribution in [0.1, 0.15) is 37.0 Å². The van der Waals surface area contributed by atoms with Crippen LogP contribution in [0, 0.1) is 0 Å². The highest BCUT2D eigenvalue weighted by molar-refractivity contribution is 5.74. The quantitative estimate of drug-likeness (QED) is 0.725. The molecule has 1 aromatic rings. The van der Waals surface area contributed by atoms with Gasteiger partial charge in [-0.05, 0) is 30.5 Å². The van der Waals surface area contributed by atoms with Gasteiger partial charge >= 0.3 is 0 Å². The largest absolute Gasteiger partial charge is 0.508 e. The first-order valence-corrected chi connectivity index (χ1v) is 5.23. The Bertz CT molecular complexity index is 388. The summed E-state index contributed by atoms with van der Waals surface area (Å²) in [6, 6.07) is 6.08. The van der Waals surface area contributed by atoms with Gasteiger partial charge in [-0.2, -0.15) is 0 Å². The van der Waals surface area contributed by atoms with Gasteiger partial charge in [-0.1, -0.05) is 44.2 Å². The van der Waals surface area contributed by atoms with Gasteiger partial charge < -0.3 is 5.11 Å². The van der Waals surface area contributed by atoms with Crippen LogP contribution in [0.25, 0.3) is 11.3 Å². The zero-order valence-electron chi connectivity index (χ0n) is 9.51. The predicted octanol–water partition coefficient (Wildman–Crippen LogP) is 4.20.